The maximum atomic E-state index is 11.7. The van der Waals surface area contributed by atoms with Crippen LogP contribution in [0.2, 0.25) is 0 Å². The van der Waals surface area contributed by atoms with E-state index in [4.69, 9.17) is 0 Å². The van der Waals surface area contributed by atoms with Gasteiger partial charge in [-0.05, 0) is 35.4 Å². The fraction of sp³-hybridized carbons (Fsp3) is 0.0588. The lowest BCUT2D eigenvalue weighted by molar-refractivity contribution is -0.114. The van der Waals surface area contributed by atoms with Crippen molar-refractivity contribution in [2.24, 2.45) is 0 Å². The van der Waals surface area contributed by atoms with Gasteiger partial charge < -0.3 is 5.32 Å². The van der Waals surface area contributed by atoms with Crippen LogP contribution in [0.1, 0.15) is 6.92 Å². The Morgan fingerprint density at radius 2 is 1.88 bits per heavy atom. The molecule has 4 rings (SSSR count). The number of hydrogen-bond acceptors (Lipinski definition) is 4. The van der Waals surface area contributed by atoms with Gasteiger partial charge in [0, 0.05) is 18.0 Å². The van der Waals surface area contributed by atoms with Gasteiger partial charge in [0.1, 0.15) is 0 Å². The molecule has 4 aromatic rings. The zero-order valence-electron chi connectivity index (χ0n) is 12.8. The Bertz CT molecular complexity index is 1140. The number of carbonyl (C=O) groups excluding carboxylic acids is 1. The van der Waals surface area contributed by atoms with E-state index in [-0.39, 0.29) is 17.0 Å². The van der Waals surface area contributed by atoms with E-state index < -0.39 is 0 Å². The average molecular weight is 319 g/mol. The lowest BCUT2D eigenvalue weighted by Gasteiger charge is -2.07. The van der Waals surface area contributed by atoms with Crippen molar-refractivity contribution in [1.82, 2.24) is 20.4 Å². The number of carbonyl (C=O) groups is 1. The van der Waals surface area contributed by atoms with Gasteiger partial charge in [0.25, 0.3) is 5.56 Å². The van der Waals surface area contributed by atoms with Crippen molar-refractivity contribution < 1.29 is 4.79 Å². The molecule has 3 N–H and O–H groups in total. The first-order valence-corrected chi connectivity index (χ1v) is 7.36. The van der Waals surface area contributed by atoms with Crippen molar-refractivity contribution in [2.45, 2.75) is 6.92 Å². The van der Waals surface area contributed by atoms with Crippen LogP contribution < -0.4 is 10.9 Å². The maximum Gasteiger partial charge on any atom is 0.292 e. The van der Waals surface area contributed by atoms with Crippen LogP contribution in [0.25, 0.3) is 33.1 Å². The number of aromatic nitrogens is 4. The Hall–Kier alpha value is -3.48. The highest BCUT2D eigenvalue weighted by Crippen LogP contribution is 2.27. The predicted molar refractivity (Wildman–Crippen MR) is 91.8 cm³/mol. The first-order valence-electron chi connectivity index (χ1n) is 7.36. The smallest absolute Gasteiger partial charge is 0.292 e. The first kappa shape index (κ1) is 14.1. The predicted octanol–water partition coefficient (Wildman–Crippen LogP) is 2.42. The third kappa shape index (κ3) is 2.32. The lowest BCUT2D eigenvalue weighted by atomic mass is 10.0. The van der Waals surface area contributed by atoms with Crippen LogP contribution in [0, 0.1) is 0 Å². The lowest BCUT2D eigenvalue weighted by Crippen LogP contribution is -2.05. The van der Waals surface area contributed by atoms with Gasteiger partial charge in [0.05, 0.1) is 11.0 Å². The minimum Gasteiger partial charge on any atom is -0.326 e. The van der Waals surface area contributed by atoms with Crippen molar-refractivity contribution in [3.8, 4) is 11.1 Å². The molecule has 2 heterocycles. The summed E-state index contributed by atoms with van der Waals surface area (Å²) < 4.78 is 0. The van der Waals surface area contributed by atoms with Crippen LogP contribution in [-0.2, 0) is 4.79 Å². The molecule has 2 aromatic heterocycles. The summed E-state index contributed by atoms with van der Waals surface area (Å²) in [6, 6.07) is 13.3. The third-order valence-corrected chi connectivity index (χ3v) is 3.79. The van der Waals surface area contributed by atoms with Crippen LogP contribution in [0.3, 0.4) is 0 Å². The van der Waals surface area contributed by atoms with Crippen LogP contribution in [0.4, 0.5) is 5.69 Å². The molecule has 24 heavy (non-hydrogen) atoms. The van der Waals surface area contributed by atoms with Crippen molar-refractivity contribution >= 4 is 33.5 Å². The average Bonchev–Trinajstić information content (AvgIpc) is 2.96. The largest absolute Gasteiger partial charge is 0.326 e. The molecule has 7 heteroatoms. The Kier molecular flexibility index (Phi) is 3.13. The molecule has 0 aliphatic rings. The van der Waals surface area contributed by atoms with Gasteiger partial charge in [0.15, 0.2) is 5.52 Å². The van der Waals surface area contributed by atoms with E-state index in [1.165, 1.54) is 6.92 Å². The van der Waals surface area contributed by atoms with Crippen LogP contribution in [0.15, 0.2) is 47.3 Å². The van der Waals surface area contributed by atoms with Crippen molar-refractivity contribution in [2.75, 3.05) is 5.32 Å². The summed E-state index contributed by atoms with van der Waals surface area (Å²) in [5.74, 6) is -0.118. The molecule has 2 aromatic carbocycles. The number of amides is 1. The molecule has 7 nitrogen and oxygen atoms in total. The van der Waals surface area contributed by atoms with E-state index in [1.807, 2.05) is 42.5 Å². The number of H-pyrrole nitrogens is 2. The zero-order chi connectivity index (χ0) is 16.7. The SMILES string of the molecule is CC(=O)Nc1cccc(-c2ccc3nnc4c(=O)[nH][nH]c4c3c2)c1. The second kappa shape index (κ2) is 5.31. The van der Waals surface area contributed by atoms with Crippen LogP contribution in [-0.4, -0.2) is 26.3 Å². The van der Waals surface area contributed by atoms with Crippen molar-refractivity contribution in [1.29, 1.82) is 0 Å². The highest BCUT2D eigenvalue weighted by atomic mass is 16.1. The second-order valence-corrected chi connectivity index (χ2v) is 5.50. The van der Waals surface area contributed by atoms with Crippen molar-refractivity contribution in [3.63, 3.8) is 0 Å². The number of aromatic amines is 2. The fourth-order valence-electron chi connectivity index (χ4n) is 2.73. The topological polar surface area (TPSA) is 104 Å². The summed E-state index contributed by atoms with van der Waals surface area (Å²) in [6.07, 6.45) is 0. The molecule has 0 atom stereocenters. The van der Waals surface area contributed by atoms with Gasteiger partial charge in [-0.25, -0.2) is 0 Å². The minimum absolute atomic E-state index is 0.118. The summed E-state index contributed by atoms with van der Waals surface area (Å²) in [5.41, 5.74) is 3.94. The van der Waals surface area contributed by atoms with Crippen LogP contribution in [0.5, 0.6) is 0 Å². The Labute approximate surface area is 135 Å². The number of anilines is 1. The van der Waals surface area contributed by atoms with E-state index in [2.05, 4.69) is 25.7 Å². The third-order valence-electron chi connectivity index (χ3n) is 3.79. The van der Waals surface area contributed by atoms with Gasteiger partial charge in [0.2, 0.25) is 5.91 Å². The van der Waals surface area contributed by atoms with Gasteiger partial charge in [-0.15, -0.1) is 10.2 Å². The summed E-state index contributed by atoms with van der Waals surface area (Å²) in [6.45, 7) is 1.47. The number of nitrogens with one attached hydrogen (secondary N) is 3. The number of benzene rings is 2. The van der Waals surface area contributed by atoms with E-state index >= 15 is 0 Å². The molecule has 0 radical (unpaired) electrons. The standard InChI is InChI=1S/C17H13N5O2/c1-9(23)18-12-4-2-3-10(7-12)11-5-6-14-13(8-11)15-16(21-19-14)17(24)22-20-15/h2-8H,1H3,(H,18,23)(H2,20,22,24). The normalized spacial score (nSPS) is 11.0. The Morgan fingerprint density at radius 1 is 1.04 bits per heavy atom. The molecular weight excluding hydrogens is 306 g/mol. The van der Waals surface area contributed by atoms with Crippen LogP contribution >= 0.6 is 0 Å². The zero-order valence-corrected chi connectivity index (χ0v) is 12.8. The molecule has 0 aliphatic carbocycles. The van der Waals surface area contributed by atoms with E-state index in [9.17, 15) is 9.59 Å². The highest BCUT2D eigenvalue weighted by Gasteiger charge is 2.10. The molecule has 118 valence electrons. The van der Waals surface area contributed by atoms with Gasteiger partial charge in [-0.1, -0.05) is 18.2 Å². The molecule has 0 unspecified atom stereocenters. The number of rotatable bonds is 2. The molecule has 0 bridgehead atoms. The molecule has 0 spiro atoms. The summed E-state index contributed by atoms with van der Waals surface area (Å²) in [5, 5.41) is 17.0. The molecule has 0 aliphatic heterocycles. The molecule has 0 fully saturated rings. The van der Waals surface area contributed by atoms with Crippen molar-refractivity contribution in [3.05, 3.63) is 52.8 Å². The summed E-state index contributed by atoms with van der Waals surface area (Å²) in [4.78, 5) is 22.9. The van der Waals surface area contributed by atoms with E-state index in [0.717, 1.165) is 22.2 Å². The molecule has 0 saturated heterocycles. The van der Waals surface area contributed by atoms with Gasteiger partial charge in [-0.2, -0.15) is 0 Å². The van der Waals surface area contributed by atoms with Gasteiger partial charge >= 0.3 is 0 Å². The number of hydrogen-bond donors (Lipinski definition) is 3. The minimum atomic E-state index is -0.294. The summed E-state index contributed by atoms with van der Waals surface area (Å²) >= 11 is 0. The molecule has 1 amide bonds. The Balaban J connectivity index is 1.89. The first-order chi connectivity index (χ1) is 11.6. The van der Waals surface area contributed by atoms with E-state index in [0.29, 0.717) is 11.0 Å². The molecule has 0 saturated carbocycles. The highest BCUT2D eigenvalue weighted by molar-refractivity contribution is 6.02. The second-order valence-electron chi connectivity index (χ2n) is 5.50. The number of nitrogens with zero attached hydrogens (tertiary/aromatic N) is 2. The maximum absolute atomic E-state index is 11.7. The quantitative estimate of drug-likeness (QED) is 0.528. The Morgan fingerprint density at radius 3 is 2.71 bits per heavy atom. The monoisotopic (exact) mass is 319 g/mol. The number of fused-ring (bicyclic) bond motifs is 3. The van der Waals surface area contributed by atoms with Gasteiger partial charge in [-0.3, -0.25) is 19.8 Å². The molecular formula is C17H13N5O2. The van der Waals surface area contributed by atoms with E-state index in [1.54, 1.807) is 0 Å². The summed E-state index contributed by atoms with van der Waals surface area (Å²) in [7, 11) is 0. The fourth-order valence-corrected chi connectivity index (χ4v) is 2.73.